The maximum Gasteiger partial charge on any atom is 0.410 e. The van der Waals surface area contributed by atoms with Gasteiger partial charge in [0.15, 0.2) is 0 Å². The standard InChI is InChI=1S/C13H20N4O2/c1-4-19-13(18)17-7-5-10(6-8-17)11-9(2)15-16(3)12(11)14/h5H,4,6-8,14H2,1-3H3. The van der Waals surface area contributed by atoms with Gasteiger partial charge < -0.3 is 15.4 Å². The highest BCUT2D eigenvalue weighted by Crippen LogP contribution is 2.29. The first-order valence-electron chi connectivity index (χ1n) is 6.44. The van der Waals surface area contributed by atoms with Crippen LogP contribution >= 0.6 is 0 Å². The Hall–Kier alpha value is -1.98. The number of aryl methyl sites for hydroxylation is 2. The SMILES string of the molecule is CCOC(=O)N1CC=C(c2c(C)nn(C)c2N)CC1. The van der Waals surface area contributed by atoms with Crippen LogP contribution in [-0.4, -0.2) is 40.5 Å². The lowest BCUT2D eigenvalue weighted by molar-refractivity contribution is 0.111. The minimum absolute atomic E-state index is 0.256. The lowest BCUT2D eigenvalue weighted by Crippen LogP contribution is -2.35. The first-order valence-corrected chi connectivity index (χ1v) is 6.44. The molecule has 0 spiro atoms. The van der Waals surface area contributed by atoms with Crippen LogP contribution in [0.5, 0.6) is 0 Å². The Kier molecular flexibility index (Phi) is 3.78. The molecule has 0 unspecified atom stereocenters. The fraction of sp³-hybridized carbons (Fsp3) is 0.538. The number of rotatable bonds is 2. The summed E-state index contributed by atoms with van der Waals surface area (Å²) in [6, 6.07) is 0. The smallest absolute Gasteiger partial charge is 0.410 e. The van der Waals surface area contributed by atoms with Gasteiger partial charge in [0.2, 0.25) is 0 Å². The van der Waals surface area contributed by atoms with Crippen LogP contribution in [0.25, 0.3) is 5.57 Å². The molecule has 0 radical (unpaired) electrons. The summed E-state index contributed by atoms with van der Waals surface area (Å²) in [6.07, 6.45) is 2.55. The summed E-state index contributed by atoms with van der Waals surface area (Å²) in [5, 5.41) is 4.31. The second-order valence-electron chi connectivity index (χ2n) is 4.59. The Balaban J connectivity index is 2.15. The summed E-state index contributed by atoms with van der Waals surface area (Å²) in [4.78, 5) is 13.3. The average molecular weight is 264 g/mol. The fourth-order valence-electron chi connectivity index (χ4n) is 2.35. The summed E-state index contributed by atoms with van der Waals surface area (Å²) >= 11 is 0. The van der Waals surface area contributed by atoms with Gasteiger partial charge in [-0.3, -0.25) is 4.68 Å². The third-order valence-electron chi connectivity index (χ3n) is 3.32. The van der Waals surface area contributed by atoms with Crippen LogP contribution in [0.15, 0.2) is 6.08 Å². The number of nitrogens with zero attached hydrogens (tertiary/aromatic N) is 3. The minimum Gasteiger partial charge on any atom is -0.450 e. The van der Waals surface area contributed by atoms with Crippen molar-refractivity contribution in [3.63, 3.8) is 0 Å². The van der Waals surface area contributed by atoms with Crippen LogP contribution in [0.2, 0.25) is 0 Å². The largest absolute Gasteiger partial charge is 0.450 e. The molecule has 6 heteroatoms. The van der Waals surface area contributed by atoms with Crippen LogP contribution in [0.1, 0.15) is 24.6 Å². The number of nitrogens with two attached hydrogens (primary N) is 1. The molecule has 2 heterocycles. The van der Waals surface area contributed by atoms with Crippen LogP contribution < -0.4 is 5.73 Å². The zero-order valence-corrected chi connectivity index (χ0v) is 11.6. The Bertz CT molecular complexity index is 519. The van der Waals surface area contributed by atoms with Crippen molar-refractivity contribution in [2.24, 2.45) is 7.05 Å². The average Bonchev–Trinajstić information content (AvgIpc) is 2.64. The van der Waals surface area contributed by atoms with Crippen molar-refractivity contribution in [3.8, 4) is 0 Å². The van der Waals surface area contributed by atoms with Crippen molar-refractivity contribution >= 4 is 17.5 Å². The van der Waals surface area contributed by atoms with E-state index in [0.717, 1.165) is 23.3 Å². The third-order valence-corrected chi connectivity index (χ3v) is 3.32. The molecule has 1 aliphatic rings. The number of anilines is 1. The molecule has 1 aliphatic heterocycles. The van der Waals surface area contributed by atoms with Crippen LogP contribution in [0.4, 0.5) is 10.6 Å². The van der Waals surface area contributed by atoms with Gasteiger partial charge in [-0.05, 0) is 25.8 Å². The van der Waals surface area contributed by atoms with Gasteiger partial charge >= 0.3 is 6.09 Å². The van der Waals surface area contributed by atoms with E-state index in [1.54, 1.807) is 9.58 Å². The summed E-state index contributed by atoms with van der Waals surface area (Å²) in [5.74, 6) is 0.674. The van der Waals surface area contributed by atoms with Gasteiger partial charge in [0, 0.05) is 25.7 Å². The van der Waals surface area contributed by atoms with Gasteiger partial charge in [0.05, 0.1) is 12.3 Å². The molecule has 0 bridgehead atoms. The van der Waals surface area contributed by atoms with Crippen LogP contribution in [0.3, 0.4) is 0 Å². The monoisotopic (exact) mass is 264 g/mol. The second-order valence-corrected chi connectivity index (χ2v) is 4.59. The molecule has 1 amide bonds. The molecule has 0 aromatic carbocycles. The van der Waals surface area contributed by atoms with E-state index in [4.69, 9.17) is 10.5 Å². The van der Waals surface area contributed by atoms with Gasteiger partial charge in [-0.2, -0.15) is 5.10 Å². The molecule has 0 saturated heterocycles. The van der Waals surface area contributed by atoms with Crippen molar-refractivity contribution in [1.29, 1.82) is 0 Å². The Morgan fingerprint density at radius 3 is 2.79 bits per heavy atom. The summed E-state index contributed by atoms with van der Waals surface area (Å²) in [7, 11) is 1.83. The minimum atomic E-state index is -0.256. The molecule has 1 aromatic rings. The molecule has 1 aromatic heterocycles. The van der Waals surface area contributed by atoms with Crippen LogP contribution in [-0.2, 0) is 11.8 Å². The molecular formula is C13H20N4O2. The van der Waals surface area contributed by atoms with E-state index in [1.807, 2.05) is 27.0 Å². The molecule has 2 rings (SSSR count). The highest BCUT2D eigenvalue weighted by Gasteiger charge is 2.22. The van der Waals surface area contributed by atoms with Gasteiger partial charge in [0.25, 0.3) is 0 Å². The van der Waals surface area contributed by atoms with E-state index in [-0.39, 0.29) is 6.09 Å². The second kappa shape index (κ2) is 5.34. The lowest BCUT2D eigenvalue weighted by Gasteiger charge is -2.25. The predicted octanol–water partition coefficient (Wildman–Crippen LogP) is 1.56. The third kappa shape index (κ3) is 2.57. The molecule has 0 aliphatic carbocycles. The highest BCUT2D eigenvalue weighted by atomic mass is 16.6. The Labute approximate surface area is 112 Å². The number of hydrogen-bond acceptors (Lipinski definition) is 4. The van der Waals surface area contributed by atoms with Crippen molar-refractivity contribution in [2.75, 3.05) is 25.4 Å². The number of aromatic nitrogens is 2. The number of hydrogen-bond donors (Lipinski definition) is 1. The summed E-state index contributed by atoms with van der Waals surface area (Å²) in [5.41, 5.74) is 9.12. The van der Waals surface area contributed by atoms with Crippen molar-refractivity contribution in [2.45, 2.75) is 20.3 Å². The number of carbonyl (C=O) groups excluding carboxylic acids is 1. The van der Waals surface area contributed by atoms with E-state index >= 15 is 0 Å². The molecular weight excluding hydrogens is 244 g/mol. The van der Waals surface area contributed by atoms with E-state index in [1.165, 1.54) is 0 Å². The van der Waals surface area contributed by atoms with Crippen molar-refractivity contribution in [3.05, 3.63) is 17.3 Å². The Morgan fingerprint density at radius 2 is 2.32 bits per heavy atom. The highest BCUT2D eigenvalue weighted by molar-refractivity contribution is 5.77. The van der Waals surface area contributed by atoms with E-state index < -0.39 is 0 Å². The molecule has 2 N–H and O–H groups in total. The number of ether oxygens (including phenoxy) is 1. The van der Waals surface area contributed by atoms with Gasteiger partial charge in [-0.15, -0.1) is 0 Å². The molecule has 0 fully saturated rings. The quantitative estimate of drug-likeness (QED) is 0.879. The first-order chi connectivity index (χ1) is 9.04. The lowest BCUT2D eigenvalue weighted by atomic mass is 9.99. The van der Waals surface area contributed by atoms with Gasteiger partial charge in [0.1, 0.15) is 5.82 Å². The fourth-order valence-corrected chi connectivity index (χ4v) is 2.35. The maximum atomic E-state index is 11.6. The summed E-state index contributed by atoms with van der Waals surface area (Å²) < 4.78 is 6.67. The van der Waals surface area contributed by atoms with Crippen molar-refractivity contribution < 1.29 is 9.53 Å². The van der Waals surface area contributed by atoms with Gasteiger partial charge in [-0.25, -0.2) is 4.79 Å². The van der Waals surface area contributed by atoms with Gasteiger partial charge in [-0.1, -0.05) is 6.08 Å². The van der Waals surface area contributed by atoms with Crippen LogP contribution in [0, 0.1) is 6.92 Å². The Morgan fingerprint density at radius 1 is 1.58 bits per heavy atom. The number of amides is 1. The zero-order valence-electron chi connectivity index (χ0n) is 11.6. The molecule has 104 valence electrons. The normalized spacial score (nSPS) is 15.3. The van der Waals surface area contributed by atoms with E-state index in [2.05, 4.69) is 5.10 Å². The molecule has 19 heavy (non-hydrogen) atoms. The topological polar surface area (TPSA) is 73.4 Å². The molecule has 6 nitrogen and oxygen atoms in total. The number of nitrogen functional groups attached to an aromatic ring is 1. The first kappa shape index (κ1) is 13.5. The maximum absolute atomic E-state index is 11.6. The van der Waals surface area contributed by atoms with E-state index in [9.17, 15) is 4.79 Å². The predicted molar refractivity (Wildman–Crippen MR) is 73.5 cm³/mol. The van der Waals surface area contributed by atoms with E-state index in [0.29, 0.717) is 25.5 Å². The molecule has 0 saturated carbocycles. The zero-order chi connectivity index (χ0) is 14.0. The summed E-state index contributed by atoms with van der Waals surface area (Å²) in [6.45, 7) is 5.37. The molecule has 0 atom stereocenters. The van der Waals surface area contributed by atoms with Crippen molar-refractivity contribution in [1.82, 2.24) is 14.7 Å². The number of carbonyl (C=O) groups is 1.